The fraction of sp³-hybridized carbons (Fsp3) is 0.643. The molecule has 5 nitrogen and oxygen atoms in total. The molecule has 1 aromatic rings. The van der Waals surface area contributed by atoms with Crippen LogP contribution in [0.15, 0.2) is 6.07 Å². The summed E-state index contributed by atoms with van der Waals surface area (Å²) in [5, 5.41) is 4.26. The lowest BCUT2D eigenvalue weighted by Crippen LogP contribution is -2.43. The molecule has 0 bridgehead atoms. The maximum Gasteiger partial charge on any atom is 0.177 e. The number of nitrogens with one attached hydrogen (secondary N) is 1. The molecule has 1 atom stereocenters. The summed E-state index contributed by atoms with van der Waals surface area (Å²) in [6.45, 7) is 7.19. The van der Waals surface area contributed by atoms with Crippen molar-refractivity contribution in [2.24, 2.45) is 5.92 Å². The van der Waals surface area contributed by atoms with Crippen molar-refractivity contribution in [3.05, 3.63) is 10.9 Å². The van der Waals surface area contributed by atoms with E-state index < -0.39 is 0 Å². The number of nitrogens with two attached hydrogens (primary N) is 1. The third kappa shape index (κ3) is 3.71. The molecule has 20 heavy (non-hydrogen) atoms. The summed E-state index contributed by atoms with van der Waals surface area (Å²) in [5.41, 5.74) is 6.49. The van der Waals surface area contributed by atoms with Gasteiger partial charge in [-0.1, -0.05) is 13.8 Å². The first kappa shape index (κ1) is 15.3. The lowest BCUT2D eigenvalue weighted by molar-refractivity contribution is -0.0116. The average molecular weight is 297 g/mol. The van der Waals surface area contributed by atoms with Crippen molar-refractivity contribution < 1.29 is 9.53 Å². The topological polar surface area (TPSA) is 67.6 Å². The second-order valence-electron chi connectivity index (χ2n) is 5.55. The van der Waals surface area contributed by atoms with E-state index in [1.165, 1.54) is 11.3 Å². The van der Waals surface area contributed by atoms with Crippen LogP contribution in [0.25, 0.3) is 0 Å². The van der Waals surface area contributed by atoms with Crippen LogP contribution in [0.3, 0.4) is 0 Å². The Morgan fingerprint density at radius 1 is 1.65 bits per heavy atom. The van der Waals surface area contributed by atoms with Crippen molar-refractivity contribution in [1.29, 1.82) is 0 Å². The van der Waals surface area contributed by atoms with Crippen LogP contribution in [-0.2, 0) is 4.74 Å². The van der Waals surface area contributed by atoms with E-state index in [4.69, 9.17) is 10.5 Å². The van der Waals surface area contributed by atoms with Crippen molar-refractivity contribution in [3.63, 3.8) is 0 Å². The predicted molar refractivity (Wildman–Crippen MR) is 83.6 cm³/mol. The zero-order valence-corrected chi connectivity index (χ0v) is 13.1. The van der Waals surface area contributed by atoms with Gasteiger partial charge in [-0.3, -0.25) is 4.79 Å². The Morgan fingerprint density at radius 3 is 3.05 bits per heavy atom. The molecule has 3 N–H and O–H groups in total. The number of thiophene rings is 1. The van der Waals surface area contributed by atoms with Gasteiger partial charge in [-0.05, 0) is 13.1 Å². The minimum atomic E-state index is -0.0286. The number of likely N-dealkylation sites (N-methyl/N-ethyl adjacent to an activating group) is 1. The van der Waals surface area contributed by atoms with Gasteiger partial charge in [0.2, 0.25) is 0 Å². The van der Waals surface area contributed by atoms with Crippen molar-refractivity contribution >= 4 is 27.8 Å². The summed E-state index contributed by atoms with van der Waals surface area (Å²) in [5.74, 6) is 0.0772. The van der Waals surface area contributed by atoms with Gasteiger partial charge in [0.25, 0.3) is 0 Å². The highest BCUT2D eigenvalue weighted by Gasteiger charge is 2.20. The number of Topliss-reactive ketones (excluding diaryl/α,β-unsaturated/α-hetero) is 1. The Bertz CT molecular complexity index is 473. The number of nitrogen functional groups attached to an aromatic ring is 1. The molecule has 112 valence electrons. The van der Waals surface area contributed by atoms with Crippen molar-refractivity contribution in [2.75, 3.05) is 44.3 Å². The van der Waals surface area contributed by atoms with Crippen LogP contribution >= 0.6 is 11.3 Å². The van der Waals surface area contributed by atoms with Crippen LogP contribution in [0, 0.1) is 5.92 Å². The number of hydrogen-bond donors (Lipinski definition) is 2. The van der Waals surface area contributed by atoms with Crippen molar-refractivity contribution in [1.82, 2.24) is 4.90 Å². The number of anilines is 2. The number of rotatable bonds is 5. The van der Waals surface area contributed by atoms with Crippen molar-refractivity contribution in [2.45, 2.75) is 20.0 Å². The molecular formula is C14H23N3O2S. The van der Waals surface area contributed by atoms with Gasteiger partial charge < -0.3 is 20.7 Å². The van der Waals surface area contributed by atoms with Gasteiger partial charge in [-0.25, -0.2) is 0 Å². The highest BCUT2D eigenvalue weighted by Crippen LogP contribution is 2.31. The first-order chi connectivity index (χ1) is 9.47. The van der Waals surface area contributed by atoms with E-state index in [9.17, 15) is 4.79 Å². The zero-order valence-electron chi connectivity index (χ0n) is 12.3. The van der Waals surface area contributed by atoms with E-state index in [-0.39, 0.29) is 17.8 Å². The molecule has 1 unspecified atom stereocenters. The maximum atomic E-state index is 12.0. The molecule has 0 radical (unpaired) electrons. The maximum absolute atomic E-state index is 12.0. The number of nitrogens with zero attached hydrogens (tertiary/aromatic N) is 1. The van der Waals surface area contributed by atoms with Crippen LogP contribution in [0.2, 0.25) is 0 Å². The minimum Gasteiger partial charge on any atom is -0.397 e. The summed E-state index contributed by atoms with van der Waals surface area (Å²) in [4.78, 5) is 14.9. The van der Waals surface area contributed by atoms with E-state index in [2.05, 4.69) is 17.3 Å². The lowest BCUT2D eigenvalue weighted by Gasteiger charge is -2.30. The molecule has 1 fully saturated rings. The Balaban J connectivity index is 1.93. The summed E-state index contributed by atoms with van der Waals surface area (Å²) in [6.07, 6.45) is 0.182. The quantitative estimate of drug-likeness (QED) is 0.813. The summed E-state index contributed by atoms with van der Waals surface area (Å²) < 4.78 is 5.70. The molecule has 2 heterocycles. The van der Waals surface area contributed by atoms with Crippen LogP contribution in [0.5, 0.6) is 0 Å². The van der Waals surface area contributed by atoms with E-state index in [1.54, 1.807) is 0 Å². The van der Waals surface area contributed by atoms with E-state index >= 15 is 0 Å². The second kappa shape index (κ2) is 6.56. The molecule has 1 aliphatic heterocycles. The standard InChI is InChI=1S/C14H23N3O2S/c1-9(2)13(18)14-11(15)6-12(20-14)16-7-10-8-17(3)4-5-19-10/h6,9-10,16H,4-5,7-8,15H2,1-3H3. The monoisotopic (exact) mass is 297 g/mol. The zero-order chi connectivity index (χ0) is 14.7. The van der Waals surface area contributed by atoms with Gasteiger partial charge in [0, 0.05) is 25.6 Å². The third-order valence-corrected chi connectivity index (χ3v) is 4.48. The summed E-state index contributed by atoms with van der Waals surface area (Å²) in [6, 6.07) is 1.84. The van der Waals surface area contributed by atoms with Crippen molar-refractivity contribution in [3.8, 4) is 0 Å². The fourth-order valence-electron chi connectivity index (χ4n) is 2.15. The smallest absolute Gasteiger partial charge is 0.177 e. The molecular weight excluding hydrogens is 274 g/mol. The highest BCUT2D eigenvalue weighted by molar-refractivity contribution is 7.18. The number of carbonyl (C=O) groups excluding carboxylic acids is 1. The van der Waals surface area contributed by atoms with Crippen LogP contribution < -0.4 is 11.1 Å². The number of ether oxygens (including phenoxy) is 1. The largest absolute Gasteiger partial charge is 0.397 e. The fourth-order valence-corrected chi connectivity index (χ4v) is 3.23. The van der Waals surface area contributed by atoms with Gasteiger partial charge in [0.05, 0.1) is 28.3 Å². The Kier molecular flexibility index (Phi) is 5.01. The van der Waals surface area contributed by atoms with E-state index in [1.807, 2.05) is 19.9 Å². The van der Waals surface area contributed by atoms with Crippen LogP contribution in [0.4, 0.5) is 10.7 Å². The summed E-state index contributed by atoms with van der Waals surface area (Å²) >= 11 is 1.43. The SMILES string of the molecule is CC(C)C(=O)c1sc(NCC2CN(C)CCO2)cc1N. The van der Waals surface area contributed by atoms with Gasteiger partial charge >= 0.3 is 0 Å². The molecule has 1 aliphatic rings. The van der Waals surface area contributed by atoms with Gasteiger partial charge in [-0.15, -0.1) is 11.3 Å². The Morgan fingerprint density at radius 2 is 2.40 bits per heavy atom. The Hall–Kier alpha value is -1.11. The second-order valence-corrected chi connectivity index (χ2v) is 6.60. The third-order valence-electron chi connectivity index (χ3n) is 3.35. The highest BCUT2D eigenvalue weighted by atomic mass is 32.1. The number of hydrogen-bond acceptors (Lipinski definition) is 6. The molecule has 1 saturated heterocycles. The van der Waals surface area contributed by atoms with E-state index in [0.29, 0.717) is 10.6 Å². The first-order valence-corrected chi connectivity index (χ1v) is 7.76. The average Bonchev–Trinajstić information content (AvgIpc) is 2.77. The lowest BCUT2D eigenvalue weighted by atomic mass is 10.1. The van der Waals surface area contributed by atoms with Gasteiger partial charge in [-0.2, -0.15) is 0 Å². The van der Waals surface area contributed by atoms with Crippen LogP contribution in [-0.4, -0.2) is 50.1 Å². The molecule has 0 amide bonds. The molecule has 0 aromatic carbocycles. The van der Waals surface area contributed by atoms with Gasteiger partial charge in [0.15, 0.2) is 5.78 Å². The molecule has 6 heteroatoms. The molecule has 0 aliphatic carbocycles. The molecule has 1 aromatic heterocycles. The summed E-state index contributed by atoms with van der Waals surface area (Å²) in [7, 11) is 2.10. The normalized spacial score (nSPS) is 20.3. The number of carbonyl (C=O) groups is 1. The predicted octanol–water partition coefficient (Wildman–Crippen LogP) is 1.91. The minimum absolute atomic E-state index is 0.0286. The molecule has 0 saturated carbocycles. The number of morpholine rings is 1. The molecule has 0 spiro atoms. The van der Waals surface area contributed by atoms with Gasteiger partial charge in [0.1, 0.15) is 0 Å². The number of ketones is 1. The first-order valence-electron chi connectivity index (χ1n) is 6.95. The Labute approximate surface area is 124 Å². The van der Waals surface area contributed by atoms with E-state index in [0.717, 1.165) is 31.2 Å². The molecule has 2 rings (SSSR count). The van der Waals surface area contributed by atoms with Crippen LogP contribution in [0.1, 0.15) is 23.5 Å².